The number of ether oxygens (including phenoxy) is 1. The quantitative estimate of drug-likeness (QED) is 0.858. The van der Waals surface area contributed by atoms with E-state index in [-0.39, 0.29) is 0 Å². The fourth-order valence-electron chi connectivity index (χ4n) is 1.73. The van der Waals surface area contributed by atoms with Crippen molar-refractivity contribution in [2.45, 2.75) is 6.92 Å². The van der Waals surface area contributed by atoms with E-state index in [0.717, 1.165) is 17.7 Å². The van der Waals surface area contributed by atoms with Crippen LogP contribution in [0.3, 0.4) is 0 Å². The summed E-state index contributed by atoms with van der Waals surface area (Å²) in [5.41, 5.74) is 0.264. The smallest absolute Gasteiger partial charge is 0.262 e. The van der Waals surface area contributed by atoms with Gasteiger partial charge in [0.05, 0.1) is 5.69 Å². The summed E-state index contributed by atoms with van der Waals surface area (Å²) in [6.07, 6.45) is 0. The Morgan fingerprint density at radius 2 is 1.91 bits per heavy atom. The maximum Gasteiger partial charge on any atom is 0.262 e. The molecule has 2 aromatic rings. The van der Waals surface area contributed by atoms with Gasteiger partial charge in [0, 0.05) is 5.02 Å². The van der Waals surface area contributed by atoms with E-state index in [1.54, 1.807) is 25.1 Å². The number of benzene rings is 2. The largest absolute Gasteiger partial charge is 0.483 e. The zero-order valence-corrected chi connectivity index (χ0v) is 12.2. The fourth-order valence-corrected chi connectivity index (χ4v) is 1.95. The van der Waals surface area contributed by atoms with Crippen molar-refractivity contribution in [1.82, 2.24) is 0 Å². The van der Waals surface area contributed by atoms with Gasteiger partial charge < -0.3 is 10.1 Å². The summed E-state index contributed by atoms with van der Waals surface area (Å²) in [5.74, 6) is -4.71. The van der Waals surface area contributed by atoms with E-state index < -0.39 is 35.7 Å². The average Bonchev–Trinajstić information content (AvgIpc) is 2.47. The first-order valence-corrected chi connectivity index (χ1v) is 6.58. The van der Waals surface area contributed by atoms with Crippen LogP contribution in [0.2, 0.25) is 5.02 Å². The second-order valence-electron chi connectivity index (χ2n) is 4.47. The van der Waals surface area contributed by atoms with Crippen LogP contribution in [0.25, 0.3) is 0 Å². The number of halogens is 4. The molecule has 1 amide bonds. The molecule has 0 aliphatic carbocycles. The fraction of sp³-hybridized carbons (Fsp3) is 0.133. The van der Waals surface area contributed by atoms with Gasteiger partial charge in [0.15, 0.2) is 24.1 Å². The monoisotopic (exact) mass is 329 g/mol. The molecule has 0 aromatic heterocycles. The second-order valence-corrected chi connectivity index (χ2v) is 4.91. The Bertz CT molecular complexity index is 722. The molecule has 0 aliphatic rings. The van der Waals surface area contributed by atoms with Crippen LogP contribution in [0.5, 0.6) is 5.75 Å². The molecule has 0 saturated carbocycles. The number of carbonyl (C=O) groups excluding carboxylic acids is 1. The molecular formula is C15H11ClF3NO2. The van der Waals surface area contributed by atoms with Gasteiger partial charge in [-0.25, -0.2) is 13.2 Å². The van der Waals surface area contributed by atoms with E-state index in [2.05, 4.69) is 5.32 Å². The zero-order chi connectivity index (χ0) is 16.3. The minimum Gasteiger partial charge on any atom is -0.483 e. The molecule has 22 heavy (non-hydrogen) atoms. The molecule has 7 heteroatoms. The van der Waals surface area contributed by atoms with Crippen LogP contribution in [0.15, 0.2) is 30.3 Å². The lowest BCUT2D eigenvalue weighted by Crippen LogP contribution is -2.21. The van der Waals surface area contributed by atoms with E-state index in [0.29, 0.717) is 10.8 Å². The van der Waals surface area contributed by atoms with Crippen molar-refractivity contribution in [3.8, 4) is 5.75 Å². The molecular weight excluding hydrogens is 319 g/mol. The highest BCUT2D eigenvalue weighted by molar-refractivity contribution is 6.30. The van der Waals surface area contributed by atoms with Crippen molar-refractivity contribution in [2.24, 2.45) is 0 Å². The maximum absolute atomic E-state index is 13.4. The van der Waals surface area contributed by atoms with E-state index in [9.17, 15) is 18.0 Å². The summed E-state index contributed by atoms with van der Waals surface area (Å²) >= 11 is 5.79. The van der Waals surface area contributed by atoms with Crippen molar-refractivity contribution in [1.29, 1.82) is 0 Å². The van der Waals surface area contributed by atoms with Gasteiger partial charge in [0.2, 0.25) is 0 Å². The number of aryl methyl sites for hydroxylation is 1. The van der Waals surface area contributed by atoms with Gasteiger partial charge in [-0.05, 0) is 42.8 Å². The lowest BCUT2D eigenvalue weighted by molar-refractivity contribution is -0.118. The van der Waals surface area contributed by atoms with Crippen LogP contribution in [0.4, 0.5) is 18.9 Å². The number of nitrogens with one attached hydrogen (secondary N) is 1. The topological polar surface area (TPSA) is 38.3 Å². The van der Waals surface area contributed by atoms with Crippen molar-refractivity contribution in [3.63, 3.8) is 0 Å². The second kappa shape index (κ2) is 6.70. The first kappa shape index (κ1) is 16.2. The molecule has 0 bridgehead atoms. The number of carbonyl (C=O) groups is 1. The Kier molecular flexibility index (Phi) is 4.92. The van der Waals surface area contributed by atoms with Gasteiger partial charge >= 0.3 is 0 Å². The van der Waals surface area contributed by atoms with Crippen molar-refractivity contribution >= 4 is 23.2 Å². The van der Waals surface area contributed by atoms with Gasteiger partial charge in [-0.15, -0.1) is 0 Å². The third kappa shape index (κ3) is 3.71. The van der Waals surface area contributed by atoms with Gasteiger partial charge in [0.1, 0.15) is 5.75 Å². The van der Waals surface area contributed by atoms with E-state index in [1.807, 2.05) is 0 Å². The zero-order valence-electron chi connectivity index (χ0n) is 11.4. The summed E-state index contributed by atoms with van der Waals surface area (Å²) in [6.45, 7) is 1.33. The SMILES string of the molecule is Cc1cc(Cl)ccc1OCC(=O)Nc1ccc(F)c(F)c1F. The van der Waals surface area contributed by atoms with E-state index in [4.69, 9.17) is 16.3 Å². The third-order valence-electron chi connectivity index (χ3n) is 2.81. The highest BCUT2D eigenvalue weighted by Crippen LogP contribution is 2.22. The minimum atomic E-state index is -1.65. The number of rotatable bonds is 4. The van der Waals surface area contributed by atoms with Gasteiger partial charge in [0.25, 0.3) is 5.91 Å². The van der Waals surface area contributed by atoms with Crippen LogP contribution in [-0.4, -0.2) is 12.5 Å². The van der Waals surface area contributed by atoms with Crippen LogP contribution in [0, 0.1) is 24.4 Å². The van der Waals surface area contributed by atoms with Crippen molar-refractivity contribution < 1.29 is 22.7 Å². The summed E-state index contributed by atoms with van der Waals surface area (Å²) < 4.78 is 44.5. The molecule has 1 N–H and O–H groups in total. The number of hydrogen-bond donors (Lipinski definition) is 1. The predicted molar refractivity (Wildman–Crippen MR) is 76.6 cm³/mol. The number of amides is 1. The predicted octanol–water partition coefficient (Wildman–Crippen LogP) is 4.08. The van der Waals surface area contributed by atoms with Gasteiger partial charge in [-0.2, -0.15) is 0 Å². The molecule has 0 atom stereocenters. The molecule has 0 fully saturated rings. The Labute approximate surface area is 129 Å². The Hall–Kier alpha value is -2.21. The van der Waals surface area contributed by atoms with Gasteiger partial charge in [-0.1, -0.05) is 11.6 Å². The van der Waals surface area contributed by atoms with Crippen LogP contribution < -0.4 is 10.1 Å². The molecule has 0 spiro atoms. The molecule has 116 valence electrons. The molecule has 0 radical (unpaired) electrons. The molecule has 0 saturated heterocycles. The van der Waals surface area contributed by atoms with Crippen LogP contribution in [-0.2, 0) is 4.79 Å². The summed E-state index contributed by atoms with van der Waals surface area (Å²) in [5, 5.41) is 2.63. The van der Waals surface area contributed by atoms with E-state index >= 15 is 0 Å². The first-order valence-electron chi connectivity index (χ1n) is 6.21. The van der Waals surface area contributed by atoms with Crippen molar-refractivity contribution in [2.75, 3.05) is 11.9 Å². The Balaban J connectivity index is 2.00. The average molecular weight is 330 g/mol. The minimum absolute atomic E-state index is 0.416. The normalized spacial score (nSPS) is 10.4. The Morgan fingerprint density at radius 3 is 2.59 bits per heavy atom. The molecule has 0 heterocycles. The maximum atomic E-state index is 13.4. The van der Waals surface area contributed by atoms with Crippen molar-refractivity contribution in [3.05, 3.63) is 58.4 Å². The first-order chi connectivity index (χ1) is 10.4. The van der Waals surface area contributed by atoms with E-state index in [1.165, 1.54) is 0 Å². The molecule has 2 aromatic carbocycles. The highest BCUT2D eigenvalue weighted by atomic mass is 35.5. The molecule has 0 unspecified atom stereocenters. The summed E-state index contributed by atoms with van der Waals surface area (Å²) in [6, 6.07) is 6.49. The lowest BCUT2D eigenvalue weighted by atomic mass is 10.2. The summed E-state index contributed by atoms with van der Waals surface area (Å²) in [4.78, 5) is 11.7. The summed E-state index contributed by atoms with van der Waals surface area (Å²) in [7, 11) is 0. The number of hydrogen-bond acceptors (Lipinski definition) is 2. The highest BCUT2D eigenvalue weighted by Gasteiger charge is 2.15. The standard InChI is InChI=1S/C15H11ClF3NO2/c1-8-6-9(16)2-5-12(8)22-7-13(21)20-11-4-3-10(17)14(18)15(11)19/h2-6H,7H2,1H3,(H,20,21). The molecule has 3 nitrogen and oxygen atoms in total. The van der Waals surface area contributed by atoms with Crippen LogP contribution in [0.1, 0.15) is 5.56 Å². The number of anilines is 1. The van der Waals surface area contributed by atoms with Gasteiger partial charge in [-0.3, -0.25) is 4.79 Å². The van der Waals surface area contributed by atoms with Crippen LogP contribution >= 0.6 is 11.6 Å². The molecule has 0 aliphatic heterocycles. The Morgan fingerprint density at radius 1 is 1.18 bits per heavy atom. The third-order valence-corrected chi connectivity index (χ3v) is 3.04. The molecule has 2 rings (SSSR count). The lowest BCUT2D eigenvalue weighted by Gasteiger charge is -2.10.